The van der Waals surface area contributed by atoms with Gasteiger partial charge in [0.15, 0.2) is 5.69 Å². The second-order valence-corrected chi connectivity index (χ2v) is 9.97. The van der Waals surface area contributed by atoms with Gasteiger partial charge in [-0.25, -0.2) is 4.98 Å². The van der Waals surface area contributed by atoms with E-state index in [1.54, 1.807) is 0 Å². The predicted octanol–water partition coefficient (Wildman–Crippen LogP) is 4.77. The molecule has 1 aliphatic heterocycles. The van der Waals surface area contributed by atoms with Gasteiger partial charge in [-0.05, 0) is 82.1 Å². The molecule has 1 saturated heterocycles. The van der Waals surface area contributed by atoms with Gasteiger partial charge < -0.3 is 14.2 Å². The predicted molar refractivity (Wildman–Crippen MR) is 129 cm³/mol. The lowest BCUT2D eigenvalue weighted by atomic mass is 10.1. The van der Waals surface area contributed by atoms with Gasteiger partial charge in [0.05, 0.1) is 11.3 Å². The molecule has 1 amide bonds. The Kier molecular flexibility index (Phi) is 8.69. The van der Waals surface area contributed by atoms with Crippen molar-refractivity contribution in [3.05, 3.63) is 35.3 Å². The summed E-state index contributed by atoms with van der Waals surface area (Å²) < 4.78 is 1.97. The van der Waals surface area contributed by atoms with Gasteiger partial charge in [0.2, 0.25) is 0 Å². The van der Waals surface area contributed by atoms with Crippen LogP contribution in [-0.4, -0.2) is 57.8 Å². The number of fused-ring (bicyclic) bond motifs is 1. The molecule has 174 valence electrons. The van der Waals surface area contributed by atoms with E-state index in [-0.39, 0.29) is 5.91 Å². The molecule has 2 aromatic rings. The fourth-order valence-electron chi connectivity index (χ4n) is 4.35. The number of nitrogens with zero attached hydrogens (tertiary/aromatic N) is 5. The summed E-state index contributed by atoms with van der Waals surface area (Å²) in [6, 6.07) is 5.99. The first-order chi connectivity index (χ1) is 15.4. The van der Waals surface area contributed by atoms with Gasteiger partial charge in [-0.3, -0.25) is 4.79 Å². The molecular formula is C26H39N5O. The van der Waals surface area contributed by atoms with Gasteiger partial charge in [-0.1, -0.05) is 27.7 Å². The Morgan fingerprint density at radius 1 is 1.12 bits per heavy atom. The van der Waals surface area contributed by atoms with Crippen molar-refractivity contribution in [1.29, 1.82) is 5.26 Å². The van der Waals surface area contributed by atoms with Crippen molar-refractivity contribution in [3.8, 4) is 6.07 Å². The maximum atomic E-state index is 13.4. The number of hydrogen-bond donors (Lipinski definition) is 0. The number of carbonyl (C=O) groups is 1. The van der Waals surface area contributed by atoms with Crippen molar-refractivity contribution >= 4 is 11.6 Å². The van der Waals surface area contributed by atoms with Gasteiger partial charge in [0, 0.05) is 19.3 Å². The number of aromatic nitrogens is 2. The third kappa shape index (κ3) is 6.32. The normalized spacial score (nSPS) is 14.5. The molecule has 0 aromatic carbocycles. The second kappa shape index (κ2) is 11.5. The summed E-state index contributed by atoms with van der Waals surface area (Å²) in [5, 5.41) is 9.63. The Morgan fingerprint density at radius 2 is 1.78 bits per heavy atom. The minimum absolute atomic E-state index is 0.0726. The van der Waals surface area contributed by atoms with Crippen LogP contribution in [0, 0.1) is 23.2 Å². The molecule has 6 nitrogen and oxygen atoms in total. The van der Waals surface area contributed by atoms with E-state index in [9.17, 15) is 10.1 Å². The van der Waals surface area contributed by atoms with Crippen LogP contribution in [0.25, 0.3) is 5.65 Å². The summed E-state index contributed by atoms with van der Waals surface area (Å²) in [4.78, 5) is 22.4. The number of aryl methyl sites for hydroxylation is 1. The highest BCUT2D eigenvalue weighted by Gasteiger charge is 2.20. The van der Waals surface area contributed by atoms with E-state index in [1.165, 1.54) is 25.9 Å². The number of hydrogen-bond acceptors (Lipinski definition) is 4. The highest BCUT2D eigenvalue weighted by atomic mass is 16.2. The van der Waals surface area contributed by atoms with E-state index in [1.807, 2.05) is 27.6 Å². The molecule has 1 aliphatic rings. The number of pyridine rings is 1. The summed E-state index contributed by atoms with van der Waals surface area (Å²) in [6.07, 6.45) is 8.25. The van der Waals surface area contributed by atoms with Crippen molar-refractivity contribution in [2.75, 3.05) is 32.7 Å². The number of imidazole rings is 1. The average Bonchev–Trinajstić information content (AvgIpc) is 3.40. The molecule has 0 atom stereocenters. The third-order valence-corrected chi connectivity index (χ3v) is 6.40. The van der Waals surface area contributed by atoms with Crippen LogP contribution < -0.4 is 0 Å². The molecule has 32 heavy (non-hydrogen) atoms. The average molecular weight is 438 g/mol. The molecule has 2 aromatic heterocycles. The van der Waals surface area contributed by atoms with Crippen LogP contribution in [0.2, 0.25) is 0 Å². The molecule has 0 saturated carbocycles. The van der Waals surface area contributed by atoms with E-state index in [0.717, 1.165) is 56.7 Å². The first-order valence-electron chi connectivity index (χ1n) is 12.3. The number of likely N-dealkylation sites (tertiary alicyclic amines) is 1. The van der Waals surface area contributed by atoms with Crippen LogP contribution in [0.4, 0.5) is 0 Å². The fraction of sp³-hybridized carbons (Fsp3) is 0.654. The number of carbonyl (C=O) groups excluding carboxylic acids is 1. The minimum atomic E-state index is 0.0726. The van der Waals surface area contributed by atoms with Crippen LogP contribution >= 0.6 is 0 Å². The van der Waals surface area contributed by atoms with E-state index in [4.69, 9.17) is 0 Å². The van der Waals surface area contributed by atoms with Crippen LogP contribution in [0.3, 0.4) is 0 Å². The quantitative estimate of drug-likeness (QED) is 0.508. The van der Waals surface area contributed by atoms with Gasteiger partial charge in [0.25, 0.3) is 5.91 Å². The Labute approximate surface area is 193 Å². The molecule has 0 unspecified atom stereocenters. The first kappa shape index (κ1) is 24.3. The topological polar surface area (TPSA) is 64.6 Å². The Balaban J connectivity index is 1.80. The monoisotopic (exact) mass is 437 g/mol. The highest BCUT2D eigenvalue weighted by Crippen LogP contribution is 2.18. The lowest BCUT2D eigenvalue weighted by Gasteiger charge is -2.24. The van der Waals surface area contributed by atoms with Crippen molar-refractivity contribution in [2.45, 2.75) is 66.2 Å². The van der Waals surface area contributed by atoms with E-state index in [0.29, 0.717) is 23.1 Å². The molecule has 3 heterocycles. The maximum absolute atomic E-state index is 13.4. The largest absolute Gasteiger partial charge is 0.339 e. The lowest BCUT2D eigenvalue weighted by molar-refractivity contribution is 0.0740. The van der Waals surface area contributed by atoms with Crippen LogP contribution in [0.5, 0.6) is 0 Å². The molecule has 0 spiro atoms. The first-order valence-corrected chi connectivity index (χ1v) is 12.3. The number of rotatable bonds is 11. The third-order valence-electron chi connectivity index (χ3n) is 6.40. The van der Waals surface area contributed by atoms with Crippen molar-refractivity contribution in [1.82, 2.24) is 19.2 Å². The molecular weight excluding hydrogens is 398 g/mol. The molecule has 1 fully saturated rings. The van der Waals surface area contributed by atoms with Gasteiger partial charge >= 0.3 is 0 Å². The van der Waals surface area contributed by atoms with E-state index < -0.39 is 0 Å². The van der Waals surface area contributed by atoms with Gasteiger partial charge in [-0.15, -0.1) is 0 Å². The summed E-state index contributed by atoms with van der Waals surface area (Å²) >= 11 is 0. The smallest absolute Gasteiger partial charge is 0.255 e. The summed E-state index contributed by atoms with van der Waals surface area (Å²) in [6.45, 7) is 13.7. The lowest BCUT2D eigenvalue weighted by Crippen LogP contribution is -2.34. The zero-order valence-corrected chi connectivity index (χ0v) is 20.3. The van der Waals surface area contributed by atoms with Crippen molar-refractivity contribution in [3.63, 3.8) is 0 Å². The molecule has 3 rings (SSSR count). The van der Waals surface area contributed by atoms with Crippen molar-refractivity contribution < 1.29 is 4.79 Å². The molecule has 0 aliphatic carbocycles. The van der Waals surface area contributed by atoms with Crippen LogP contribution in [0.1, 0.15) is 81.5 Å². The second-order valence-electron chi connectivity index (χ2n) is 9.97. The highest BCUT2D eigenvalue weighted by molar-refractivity contribution is 5.94. The summed E-state index contributed by atoms with van der Waals surface area (Å²) in [5.74, 6) is 1.19. The molecule has 6 heteroatoms. The molecule has 0 N–H and O–H groups in total. The SMILES string of the molecule is CC(C)CCN(CCC(C)C)C(=O)c1ccc2nc(C#N)c(CCCN3CCCC3)n2c1. The standard InChI is InChI=1S/C26H39N5O/c1-20(2)11-16-30(17-12-21(3)4)26(32)22-9-10-25-28-23(18-27)24(31(25)19-22)8-7-15-29-13-5-6-14-29/h9-10,19-21H,5-8,11-17H2,1-4H3. The Morgan fingerprint density at radius 3 is 2.38 bits per heavy atom. The zero-order valence-electron chi connectivity index (χ0n) is 20.3. The van der Waals surface area contributed by atoms with Crippen LogP contribution in [0.15, 0.2) is 18.3 Å². The summed E-state index contributed by atoms with van der Waals surface area (Å²) in [5.41, 5.74) is 2.82. The van der Waals surface area contributed by atoms with Crippen molar-refractivity contribution in [2.24, 2.45) is 11.8 Å². The zero-order chi connectivity index (χ0) is 23.1. The molecule has 0 bridgehead atoms. The van der Waals surface area contributed by atoms with E-state index in [2.05, 4.69) is 43.6 Å². The van der Waals surface area contributed by atoms with Gasteiger partial charge in [0.1, 0.15) is 11.7 Å². The van der Waals surface area contributed by atoms with Gasteiger partial charge in [-0.2, -0.15) is 5.26 Å². The Bertz CT molecular complexity index is 922. The number of nitriles is 1. The number of amides is 1. The fourth-order valence-corrected chi connectivity index (χ4v) is 4.35. The maximum Gasteiger partial charge on any atom is 0.255 e. The Hall–Kier alpha value is -2.39. The minimum Gasteiger partial charge on any atom is -0.339 e. The summed E-state index contributed by atoms with van der Waals surface area (Å²) in [7, 11) is 0. The molecule has 0 radical (unpaired) electrons. The van der Waals surface area contributed by atoms with E-state index >= 15 is 0 Å². The van der Waals surface area contributed by atoms with Crippen LogP contribution in [-0.2, 0) is 6.42 Å².